The molecule has 25 N–H and O–H groups in total. The van der Waals surface area contributed by atoms with Crippen molar-refractivity contribution in [2.75, 3.05) is 52.9 Å². The van der Waals surface area contributed by atoms with Crippen molar-refractivity contribution in [1.82, 2.24) is 21.3 Å². The molecule has 0 aromatic rings. The molecule has 44 nitrogen and oxygen atoms in total. The molecule has 8 saturated heterocycles. The van der Waals surface area contributed by atoms with Gasteiger partial charge in [0.1, 0.15) is 189 Å². The first kappa shape index (κ1) is 83.1. The zero-order valence-corrected chi connectivity index (χ0v) is 54.9. The van der Waals surface area contributed by atoms with Gasteiger partial charge in [0.15, 0.2) is 44.0 Å². The van der Waals surface area contributed by atoms with Crippen LogP contribution in [0.4, 0.5) is 0 Å². The molecule has 44 heteroatoms. The Kier molecular flexibility index (Phi) is 29.9. The third kappa shape index (κ3) is 18.5. The number of amides is 4. The number of aliphatic hydroxyl groups excluding tert-OH is 21. The summed E-state index contributed by atoms with van der Waals surface area (Å²) in [5.41, 5.74) is 0. The van der Waals surface area contributed by atoms with E-state index in [4.69, 9.17) is 71.1 Å². The summed E-state index contributed by atoms with van der Waals surface area (Å²) in [6, 6.07) is -6.61. The highest BCUT2D eigenvalue weighted by atomic mass is 16.8. The van der Waals surface area contributed by atoms with Crippen LogP contribution in [-0.2, 0) is 90.2 Å². The van der Waals surface area contributed by atoms with Crippen LogP contribution in [0.25, 0.3) is 0 Å². The number of rotatable bonds is 26. The van der Waals surface area contributed by atoms with E-state index in [1.807, 2.05) is 0 Å². The van der Waals surface area contributed by atoms with E-state index in [0.29, 0.717) is 0 Å². The molecular weight excluding hydrogens is 1380 g/mol. The molecule has 8 aliphatic rings. The number of hydrogen-bond acceptors (Lipinski definition) is 40. The van der Waals surface area contributed by atoms with E-state index in [1.165, 1.54) is 6.92 Å². The Labute approximate surface area is 573 Å². The van der Waals surface area contributed by atoms with E-state index in [1.54, 1.807) is 0 Å². The van der Waals surface area contributed by atoms with E-state index in [9.17, 15) is 126 Å². The Hall–Kier alpha value is -3.56. The van der Waals surface area contributed by atoms with Crippen LogP contribution in [0.2, 0.25) is 0 Å². The second-order valence-electron chi connectivity index (χ2n) is 25.7. The zero-order chi connectivity index (χ0) is 74.5. The van der Waals surface area contributed by atoms with Crippen molar-refractivity contribution in [2.45, 2.75) is 280 Å². The third-order valence-electron chi connectivity index (χ3n) is 18.5. The highest BCUT2D eigenvalue weighted by Crippen LogP contribution is 2.39. The van der Waals surface area contributed by atoms with Gasteiger partial charge in [0, 0.05) is 27.7 Å². The fraction of sp³-hybridized carbons (Fsp3) is 0.930. The van der Waals surface area contributed by atoms with E-state index in [0.717, 1.165) is 27.7 Å². The van der Waals surface area contributed by atoms with Crippen LogP contribution < -0.4 is 21.3 Å². The Morgan fingerprint density at radius 3 is 0.980 bits per heavy atom. The maximum Gasteiger partial charge on any atom is 0.217 e. The van der Waals surface area contributed by atoms with Gasteiger partial charge in [-0.2, -0.15) is 0 Å². The van der Waals surface area contributed by atoms with Gasteiger partial charge >= 0.3 is 0 Å². The van der Waals surface area contributed by atoms with E-state index >= 15 is 0 Å². The Balaban J connectivity index is 1.14. The predicted octanol–water partition coefficient (Wildman–Crippen LogP) is -16.8. The molecule has 16 unspecified atom stereocenters. The number of carbonyl (C=O) groups is 4. The van der Waals surface area contributed by atoms with Crippen LogP contribution in [0.3, 0.4) is 0 Å². The van der Waals surface area contributed by atoms with E-state index in [-0.39, 0.29) is 0 Å². The SMILES string of the molecule is CC(=O)NC1C(O)[C@H](O)[C@@H](CO)O[C@@H]1OC1[C@H](OCC2O[C@@H](O[C@H]3C(CO)O[C@@H](O[C@H]4C(CO)O[C@@H](C)C(NC(C)=O)[C@H]4O)C(NC(C)=O)[C@H]3O)C(O)[C@@H](O[C@@H]3O[C@H](CO)[C@H](O)C(O)C3O[C@@H]3OC(CO)[C@H](O[C@@H]4OC(CO)[C@H](O)[C@H](O)C4O)[C@H](O)C3NC(C)=O)[C@H]2O)OC(CO)[C@H](O)[C@@H]1O. The van der Waals surface area contributed by atoms with Crippen LogP contribution in [0.5, 0.6) is 0 Å². The molecule has 8 aliphatic heterocycles. The van der Waals surface area contributed by atoms with Crippen LogP contribution in [0, 0.1) is 0 Å². The zero-order valence-electron chi connectivity index (χ0n) is 54.9. The maximum absolute atomic E-state index is 12.9. The van der Waals surface area contributed by atoms with Gasteiger partial charge in [-0.25, -0.2) is 0 Å². The molecule has 101 heavy (non-hydrogen) atoms. The van der Waals surface area contributed by atoms with Crippen molar-refractivity contribution in [2.24, 2.45) is 0 Å². The van der Waals surface area contributed by atoms with Gasteiger partial charge in [0.2, 0.25) is 23.6 Å². The summed E-state index contributed by atoms with van der Waals surface area (Å²) in [6.07, 6.45) is -71.3. The topological polar surface area (TPSA) is 680 Å². The minimum Gasteiger partial charge on any atom is -0.394 e. The smallest absolute Gasteiger partial charge is 0.217 e. The first-order valence-corrected chi connectivity index (χ1v) is 32.4. The number of carbonyl (C=O) groups excluding carboxylic acids is 4. The maximum atomic E-state index is 12.9. The first-order chi connectivity index (χ1) is 47.8. The molecule has 8 rings (SSSR count). The van der Waals surface area contributed by atoms with Crippen molar-refractivity contribution < 1.29 is 197 Å². The molecule has 0 radical (unpaired) electrons. The van der Waals surface area contributed by atoms with Crippen molar-refractivity contribution in [3.05, 3.63) is 0 Å². The second-order valence-corrected chi connectivity index (χ2v) is 25.7. The fourth-order valence-electron chi connectivity index (χ4n) is 13.2. The summed E-state index contributed by atoms with van der Waals surface area (Å²) in [5.74, 6) is -3.23. The van der Waals surface area contributed by atoms with Gasteiger partial charge in [0.25, 0.3) is 0 Å². The van der Waals surface area contributed by atoms with Crippen LogP contribution in [-0.4, -0.2) is 429 Å². The number of nitrogens with one attached hydrogen (secondary N) is 4. The molecule has 0 bridgehead atoms. The van der Waals surface area contributed by atoms with Crippen molar-refractivity contribution in [3.63, 3.8) is 0 Å². The summed E-state index contributed by atoms with van der Waals surface area (Å²) >= 11 is 0. The van der Waals surface area contributed by atoms with Crippen molar-refractivity contribution in [3.8, 4) is 0 Å². The highest BCUT2D eigenvalue weighted by Gasteiger charge is 2.60. The summed E-state index contributed by atoms with van der Waals surface area (Å²) in [5, 5.41) is 242. The van der Waals surface area contributed by atoms with Gasteiger partial charge < -0.3 is 200 Å². The van der Waals surface area contributed by atoms with E-state index < -0.39 is 322 Å². The summed E-state index contributed by atoms with van der Waals surface area (Å²) < 4.78 is 89.4. The van der Waals surface area contributed by atoms with Gasteiger partial charge in [-0.05, 0) is 6.92 Å². The lowest BCUT2D eigenvalue weighted by Gasteiger charge is -2.51. The molecule has 0 spiro atoms. The minimum atomic E-state index is -2.50. The van der Waals surface area contributed by atoms with Crippen molar-refractivity contribution >= 4 is 23.6 Å². The molecule has 8 fully saturated rings. The van der Waals surface area contributed by atoms with Gasteiger partial charge in [-0.1, -0.05) is 0 Å². The predicted molar refractivity (Wildman–Crippen MR) is 314 cm³/mol. The van der Waals surface area contributed by atoms with Crippen molar-refractivity contribution in [1.29, 1.82) is 0 Å². The molecular formula is C57H96N4O40. The molecule has 584 valence electrons. The van der Waals surface area contributed by atoms with Gasteiger partial charge in [0.05, 0.1) is 65.0 Å². The van der Waals surface area contributed by atoms with Gasteiger partial charge in [-0.3, -0.25) is 19.2 Å². The lowest BCUT2D eigenvalue weighted by molar-refractivity contribution is -0.398. The highest BCUT2D eigenvalue weighted by molar-refractivity contribution is 5.74. The number of aliphatic hydroxyl groups is 21. The lowest BCUT2D eigenvalue weighted by Crippen LogP contribution is -2.71. The summed E-state index contributed by atoms with van der Waals surface area (Å²) in [7, 11) is 0. The molecule has 4 amide bonds. The number of ether oxygens (including phenoxy) is 15. The quantitative estimate of drug-likeness (QED) is 0.0382. The van der Waals surface area contributed by atoms with Crippen LogP contribution in [0.15, 0.2) is 0 Å². The Bertz CT molecular complexity index is 2640. The summed E-state index contributed by atoms with van der Waals surface area (Å²) in [4.78, 5) is 50.4. The normalized spacial score (nSPS) is 48.3. The fourth-order valence-corrected chi connectivity index (χ4v) is 13.2. The third-order valence-corrected chi connectivity index (χ3v) is 18.5. The second kappa shape index (κ2) is 36.4. The Morgan fingerprint density at radius 2 is 0.554 bits per heavy atom. The summed E-state index contributed by atoms with van der Waals surface area (Å²) in [6.45, 7) is -2.66. The molecule has 0 aromatic heterocycles. The standard InChI is InChI=1S/C57H96N4O40/c1-14-27(58-15(2)69)37(79)45(23(10-66)88-14)96-52-29(60-17(4)71)38(80)47(25(12-68)93-52)98-55-44(86)48(35(77)26(95-55)13-87-56-49(41(83)33(75)21(8-64)91-56)100-51-28(59-16(3)70)36(78)31(73)19(6-62)89-51)99-57-50(42(84)34(76)22(9-65)92-57)101-53-30(61-18(5)72)39(81)46(24(11-67)94-53)97-54-43(85)40(82)32(74)20(7-63)90-54/h14,19-57,62-68,73-86H,6-13H2,1-5H3,(H,58,69)(H,59,70)(H,60,71)(H,61,72)/t14-,19+,20?,21?,22+,23?,24?,25?,26?,27?,28?,29?,30?,31+,32-,33-,34-,35-,36?,37+,38+,39+,40-,41-,42?,43?,44?,45-,46-,47-,48-,49?,50?,51+,52-,53-,54-,55-,56+,57-/m0/s1. The van der Waals surface area contributed by atoms with Gasteiger partial charge in [-0.15, -0.1) is 0 Å². The average Bonchev–Trinajstić information content (AvgIpc) is 0.773. The monoisotopic (exact) mass is 1480 g/mol. The average molecular weight is 1480 g/mol. The minimum absolute atomic E-state index is 0.610. The molecule has 40 atom stereocenters. The molecule has 0 saturated carbocycles. The van der Waals surface area contributed by atoms with E-state index in [2.05, 4.69) is 21.3 Å². The van der Waals surface area contributed by atoms with Crippen LogP contribution >= 0.6 is 0 Å². The molecule has 0 aromatic carbocycles. The molecule has 8 heterocycles. The molecule has 0 aliphatic carbocycles. The van der Waals surface area contributed by atoms with Crippen LogP contribution in [0.1, 0.15) is 34.6 Å². The Morgan fingerprint density at radius 1 is 0.267 bits per heavy atom. The number of hydrogen-bond donors (Lipinski definition) is 25. The first-order valence-electron chi connectivity index (χ1n) is 32.4. The largest absolute Gasteiger partial charge is 0.394 e. The lowest BCUT2D eigenvalue weighted by atomic mass is 9.92.